The van der Waals surface area contributed by atoms with Gasteiger partial charge in [-0.1, -0.05) is 27.2 Å². The average Bonchev–Trinajstić information content (AvgIpc) is 2.60. The SMILES string of the molecule is CC.CC1CCC2(CC2)C1. The molecule has 0 radical (unpaired) electrons. The molecule has 2 aliphatic carbocycles. The van der Waals surface area contributed by atoms with E-state index in [0.29, 0.717) is 0 Å². The van der Waals surface area contributed by atoms with Crippen LogP contribution in [-0.4, -0.2) is 0 Å². The topological polar surface area (TPSA) is 0 Å². The zero-order chi connectivity index (χ0) is 7.61. The van der Waals surface area contributed by atoms with E-state index in [1.807, 2.05) is 13.8 Å². The Hall–Kier alpha value is 0. The summed E-state index contributed by atoms with van der Waals surface area (Å²) in [7, 11) is 0. The Labute approximate surface area is 65.0 Å². The van der Waals surface area contributed by atoms with Gasteiger partial charge in [0, 0.05) is 0 Å². The van der Waals surface area contributed by atoms with E-state index in [4.69, 9.17) is 0 Å². The van der Waals surface area contributed by atoms with Crippen molar-refractivity contribution >= 4 is 0 Å². The Bertz CT molecular complexity index is 101. The van der Waals surface area contributed by atoms with Crippen LogP contribution in [0.1, 0.15) is 52.9 Å². The lowest BCUT2D eigenvalue weighted by Gasteiger charge is -2.00. The Morgan fingerprint density at radius 3 is 1.90 bits per heavy atom. The highest BCUT2D eigenvalue weighted by Crippen LogP contribution is 2.59. The van der Waals surface area contributed by atoms with Crippen molar-refractivity contribution in [3.8, 4) is 0 Å². The van der Waals surface area contributed by atoms with Gasteiger partial charge in [0.15, 0.2) is 0 Å². The molecule has 0 aromatic carbocycles. The average molecular weight is 140 g/mol. The Kier molecular flexibility index (Phi) is 2.38. The second-order valence-corrected chi connectivity index (χ2v) is 3.85. The van der Waals surface area contributed by atoms with Gasteiger partial charge in [0.25, 0.3) is 0 Å². The molecule has 10 heavy (non-hydrogen) atoms. The van der Waals surface area contributed by atoms with Crippen LogP contribution in [0.2, 0.25) is 0 Å². The third kappa shape index (κ3) is 1.53. The third-order valence-corrected chi connectivity index (χ3v) is 2.91. The zero-order valence-corrected chi connectivity index (χ0v) is 7.61. The van der Waals surface area contributed by atoms with Crippen LogP contribution in [0.25, 0.3) is 0 Å². The van der Waals surface area contributed by atoms with E-state index in [2.05, 4.69) is 6.92 Å². The van der Waals surface area contributed by atoms with Crippen molar-refractivity contribution in [3.63, 3.8) is 0 Å². The highest BCUT2D eigenvalue weighted by Gasteiger charge is 2.46. The lowest BCUT2D eigenvalue weighted by Crippen LogP contribution is -1.90. The molecule has 1 unspecified atom stereocenters. The Morgan fingerprint density at radius 2 is 1.70 bits per heavy atom. The van der Waals surface area contributed by atoms with Crippen LogP contribution in [0, 0.1) is 11.3 Å². The second-order valence-electron chi connectivity index (χ2n) is 3.85. The van der Waals surface area contributed by atoms with Crippen LogP contribution in [0.15, 0.2) is 0 Å². The van der Waals surface area contributed by atoms with Gasteiger partial charge < -0.3 is 0 Å². The van der Waals surface area contributed by atoms with Crippen molar-refractivity contribution in [1.29, 1.82) is 0 Å². The fraction of sp³-hybridized carbons (Fsp3) is 1.00. The molecule has 60 valence electrons. The van der Waals surface area contributed by atoms with E-state index in [1.54, 1.807) is 25.7 Å². The Balaban J connectivity index is 0.000000231. The molecular formula is C10H20. The summed E-state index contributed by atoms with van der Waals surface area (Å²) in [5, 5.41) is 0. The van der Waals surface area contributed by atoms with Crippen molar-refractivity contribution in [1.82, 2.24) is 0 Å². The monoisotopic (exact) mass is 140 g/mol. The van der Waals surface area contributed by atoms with E-state index in [-0.39, 0.29) is 0 Å². The minimum atomic E-state index is 0.916. The van der Waals surface area contributed by atoms with Crippen molar-refractivity contribution in [3.05, 3.63) is 0 Å². The smallest absolute Gasteiger partial charge is 0.0294 e. The molecule has 0 aromatic heterocycles. The molecule has 0 amide bonds. The molecule has 1 atom stereocenters. The van der Waals surface area contributed by atoms with Gasteiger partial charge in [-0.2, -0.15) is 0 Å². The number of rotatable bonds is 0. The van der Waals surface area contributed by atoms with Crippen LogP contribution >= 0.6 is 0 Å². The minimum Gasteiger partial charge on any atom is -0.0683 e. The van der Waals surface area contributed by atoms with Crippen LogP contribution in [-0.2, 0) is 0 Å². The van der Waals surface area contributed by atoms with Gasteiger partial charge in [0.1, 0.15) is 0 Å². The molecular weight excluding hydrogens is 120 g/mol. The summed E-state index contributed by atoms with van der Waals surface area (Å²) >= 11 is 0. The standard InChI is InChI=1S/C8H14.C2H6/c1-7-2-3-8(6-7)4-5-8;1-2/h7H,2-6H2,1H3;1-2H3. The fourth-order valence-corrected chi connectivity index (χ4v) is 2.13. The molecule has 0 heterocycles. The molecule has 0 aromatic rings. The molecule has 0 nitrogen and oxygen atoms in total. The summed E-state index contributed by atoms with van der Waals surface area (Å²) in [6, 6.07) is 0. The predicted molar refractivity (Wildman–Crippen MR) is 46.0 cm³/mol. The lowest BCUT2D eigenvalue weighted by atomic mass is 10.0. The van der Waals surface area contributed by atoms with Gasteiger partial charge in [-0.15, -0.1) is 0 Å². The molecule has 0 N–H and O–H groups in total. The Morgan fingerprint density at radius 1 is 1.10 bits per heavy atom. The van der Waals surface area contributed by atoms with Gasteiger partial charge in [-0.3, -0.25) is 0 Å². The molecule has 2 rings (SSSR count). The first-order valence-electron chi connectivity index (χ1n) is 4.81. The quantitative estimate of drug-likeness (QED) is 0.482. The lowest BCUT2D eigenvalue weighted by molar-refractivity contribution is 0.501. The normalized spacial score (nSPS) is 33.3. The van der Waals surface area contributed by atoms with Crippen LogP contribution in [0.3, 0.4) is 0 Å². The summed E-state index contributed by atoms with van der Waals surface area (Å²) < 4.78 is 0. The first kappa shape index (κ1) is 8.10. The largest absolute Gasteiger partial charge is 0.0683 e. The minimum absolute atomic E-state index is 0.916. The summed E-state index contributed by atoms with van der Waals surface area (Å²) in [6.07, 6.45) is 7.72. The molecule has 0 heteroatoms. The molecule has 2 saturated carbocycles. The highest BCUT2D eigenvalue weighted by atomic mass is 14.5. The van der Waals surface area contributed by atoms with Crippen molar-refractivity contribution in [2.45, 2.75) is 52.9 Å². The third-order valence-electron chi connectivity index (χ3n) is 2.91. The van der Waals surface area contributed by atoms with Crippen LogP contribution in [0.4, 0.5) is 0 Å². The number of hydrogen-bond acceptors (Lipinski definition) is 0. The summed E-state index contributed by atoms with van der Waals surface area (Å²) in [5.74, 6) is 1.05. The highest BCUT2D eigenvalue weighted by molar-refractivity contribution is 4.98. The fourth-order valence-electron chi connectivity index (χ4n) is 2.13. The molecule has 0 bridgehead atoms. The van der Waals surface area contributed by atoms with Gasteiger partial charge in [-0.05, 0) is 37.0 Å². The molecule has 0 saturated heterocycles. The maximum atomic E-state index is 2.40. The van der Waals surface area contributed by atoms with Gasteiger partial charge >= 0.3 is 0 Å². The van der Waals surface area contributed by atoms with Crippen LogP contribution in [0.5, 0.6) is 0 Å². The van der Waals surface area contributed by atoms with Crippen LogP contribution < -0.4 is 0 Å². The molecule has 2 aliphatic rings. The van der Waals surface area contributed by atoms with Crippen molar-refractivity contribution in [2.75, 3.05) is 0 Å². The van der Waals surface area contributed by atoms with E-state index in [9.17, 15) is 0 Å². The summed E-state index contributed by atoms with van der Waals surface area (Å²) in [4.78, 5) is 0. The second kappa shape index (κ2) is 2.94. The number of hydrogen-bond donors (Lipinski definition) is 0. The zero-order valence-electron chi connectivity index (χ0n) is 7.61. The molecule has 0 aliphatic heterocycles. The summed E-state index contributed by atoms with van der Waals surface area (Å²) in [5.41, 5.74) is 0.916. The van der Waals surface area contributed by atoms with Crippen molar-refractivity contribution < 1.29 is 0 Å². The van der Waals surface area contributed by atoms with E-state index >= 15 is 0 Å². The first-order valence-corrected chi connectivity index (χ1v) is 4.81. The van der Waals surface area contributed by atoms with Gasteiger partial charge in [0.05, 0.1) is 0 Å². The van der Waals surface area contributed by atoms with Gasteiger partial charge in [-0.25, -0.2) is 0 Å². The van der Waals surface area contributed by atoms with E-state index < -0.39 is 0 Å². The maximum Gasteiger partial charge on any atom is -0.0294 e. The van der Waals surface area contributed by atoms with E-state index in [1.165, 1.54) is 6.42 Å². The van der Waals surface area contributed by atoms with Crippen molar-refractivity contribution in [2.24, 2.45) is 11.3 Å². The molecule has 2 fully saturated rings. The van der Waals surface area contributed by atoms with E-state index in [0.717, 1.165) is 11.3 Å². The first-order chi connectivity index (χ1) is 4.81. The maximum absolute atomic E-state index is 2.40. The summed E-state index contributed by atoms with van der Waals surface area (Å²) in [6.45, 7) is 6.40. The predicted octanol–water partition coefficient (Wildman–Crippen LogP) is 3.61. The van der Waals surface area contributed by atoms with Gasteiger partial charge in [0.2, 0.25) is 0 Å². The molecule has 1 spiro atoms.